The molecule has 0 atom stereocenters. The molecule has 0 N–H and O–H groups in total. The van der Waals surface area contributed by atoms with Crippen LogP contribution in [0.3, 0.4) is 0 Å². The Hall–Kier alpha value is -2.43. The van der Waals surface area contributed by atoms with Crippen LogP contribution in [0.4, 0.5) is 0 Å². The van der Waals surface area contributed by atoms with Gasteiger partial charge < -0.3 is 9.36 Å². The van der Waals surface area contributed by atoms with Crippen molar-refractivity contribution in [2.75, 3.05) is 13.1 Å². The summed E-state index contributed by atoms with van der Waals surface area (Å²) in [6, 6.07) is 9.52. The Bertz CT molecular complexity index is 1120. The van der Waals surface area contributed by atoms with E-state index < -0.39 is 10.0 Å². The Morgan fingerprint density at radius 3 is 2.45 bits per heavy atom. The van der Waals surface area contributed by atoms with E-state index in [4.69, 9.17) is 0 Å². The van der Waals surface area contributed by atoms with Crippen molar-refractivity contribution < 1.29 is 13.2 Å². The van der Waals surface area contributed by atoms with Crippen LogP contribution in [0.15, 0.2) is 29.2 Å². The smallest absolute Gasteiger partial charge is 0.243 e. The maximum atomic E-state index is 13.3. The third-order valence-electron chi connectivity index (χ3n) is 6.82. The SMILES string of the molecule is Cc1c(Cc2ccccc2S(=O)(=O)N2CCCC2)c(C#N)c(C2CCCC2)n1CC=O. The average molecular weight is 440 g/mol. The number of benzene rings is 1. The quantitative estimate of drug-likeness (QED) is 0.613. The molecule has 1 aromatic heterocycles. The van der Waals surface area contributed by atoms with Crippen LogP contribution >= 0.6 is 0 Å². The standard InChI is InChI=1S/C24H29N3O3S/c1-18-21(22(17-25)24(27(18)14-15-28)19-8-2-3-9-19)16-20-10-4-5-11-23(20)31(29,30)26-12-6-7-13-26/h4-5,10-11,15,19H,2-3,6-9,12-14,16H2,1H3. The molecule has 2 fully saturated rings. The number of rotatable bonds is 7. The third kappa shape index (κ3) is 3.95. The van der Waals surface area contributed by atoms with Crippen molar-refractivity contribution in [1.29, 1.82) is 5.26 Å². The molecule has 0 unspecified atom stereocenters. The van der Waals surface area contributed by atoms with E-state index in [1.165, 1.54) is 0 Å². The molecule has 0 spiro atoms. The molecule has 2 aliphatic rings. The van der Waals surface area contributed by atoms with Gasteiger partial charge in [-0.15, -0.1) is 0 Å². The summed E-state index contributed by atoms with van der Waals surface area (Å²) < 4.78 is 30.1. The van der Waals surface area contributed by atoms with Gasteiger partial charge in [-0.2, -0.15) is 9.57 Å². The van der Waals surface area contributed by atoms with Gasteiger partial charge in [0.05, 0.1) is 17.0 Å². The van der Waals surface area contributed by atoms with Gasteiger partial charge in [0.15, 0.2) is 0 Å². The number of hydrogen-bond acceptors (Lipinski definition) is 4. The highest BCUT2D eigenvalue weighted by Gasteiger charge is 2.31. The van der Waals surface area contributed by atoms with Gasteiger partial charge in [-0.1, -0.05) is 31.0 Å². The zero-order valence-corrected chi connectivity index (χ0v) is 18.8. The van der Waals surface area contributed by atoms with Crippen molar-refractivity contribution in [3.05, 3.63) is 52.3 Å². The van der Waals surface area contributed by atoms with E-state index in [0.29, 0.717) is 35.5 Å². The van der Waals surface area contributed by atoms with E-state index in [-0.39, 0.29) is 12.5 Å². The van der Waals surface area contributed by atoms with Crippen molar-refractivity contribution >= 4 is 16.3 Å². The molecule has 1 saturated carbocycles. The molecule has 164 valence electrons. The summed E-state index contributed by atoms with van der Waals surface area (Å²) in [6.45, 7) is 3.27. The van der Waals surface area contributed by atoms with Crippen molar-refractivity contribution in [3.63, 3.8) is 0 Å². The van der Waals surface area contributed by atoms with Gasteiger partial charge >= 0.3 is 0 Å². The Morgan fingerprint density at radius 1 is 1.13 bits per heavy atom. The first-order chi connectivity index (χ1) is 15.0. The molecule has 2 aromatic rings. The minimum atomic E-state index is -3.56. The van der Waals surface area contributed by atoms with E-state index in [2.05, 4.69) is 6.07 Å². The third-order valence-corrected chi connectivity index (χ3v) is 8.82. The number of nitriles is 1. The van der Waals surface area contributed by atoms with Crippen molar-refractivity contribution in [1.82, 2.24) is 8.87 Å². The highest BCUT2D eigenvalue weighted by Crippen LogP contribution is 2.39. The molecule has 2 heterocycles. The monoisotopic (exact) mass is 439 g/mol. The summed E-state index contributed by atoms with van der Waals surface area (Å²) in [5.74, 6) is 0.283. The number of carbonyl (C=O) groups is 1. The Kier molecular flexibility index (Phi) is 6.31. The summed E-state index contributed by atoms with van der Waals surface area (Å²) in [4.78, 5) is 11.7. The first-order valence-electron chi connectivity index (χ1n) is 11.1. The maximum absolute atomic E-state index is 13.3. The maximum Gasteiger partial charge on any atom is 0.243 e. The van der Waals surface area contributed by atoms with Crippen LogP contribution in [-0.2, 0) is 27.8 Å². The Balaban J connectivity index is 1.80. The minimum absolute atomic E-state index is 0.222. The molecule has 1 aromatic carbocycles. The van der Waals surface area contributed by atoms with Gasteiger partial charge in [0.1, 0.15) is 12.4 Å². The summed E-state index contributed by atoms with van der Waals surface area (Å²) in [5, 5.41) is 10.1. The minimum Gasteiger partial charge on any atom is -0.340 e. The lowest BCUT2D eigenvalue weighted by atomic mass is 9.95. The van der Waals surface area contributed by atoms with E-state index in [1.807, 2.05) is 23.6 Å². The molecular weight excluding hydrogens is 410 g/mol. The number of aldehydes is 1. The first kappa shape index (κ1) is 21.8. The fourth-order valence-electron chi connectivity index (χ4n) is 5.25. The lowest BCUT2D eigenvalue weighted by Gasteiger charge is -2.18. The van der Waals surface area contributed by atoms with E-state index in [0.717, 1.165) is 61.8 Å². The van der Waals surface area contributed by atoms with E-state index in [1.54, 1.807) is 16.4 Å². The lowest BCUT2D eigenvalue weighted by molar-refractivity contribution is -0.108. The zero-order valence-electron chi connectivity index (χ0n) is 18.0. The zero-order chi connectivity index (χ0) is 22.0. The van der Waals surface area contributed by atoms with Gasteiger partial charge in [0.25, 0.3) is 0 Å². The van der Waals surface area contributed by atoms with Crippen LogP contribution in [0.2, 0.25) is 0 Å². The fourth-order valence-corrected chi connectivity index (χ4v) is 6.99. The molecule has 1 aliphatic carbocycles. The second-order valence-electron chi connectivity index (χ2n) is 8.59. The summed E-state index contributed by atoms with van der Waals surface area (Å²) >= 11 is 0. The predicted octanol–water partition coefficient (Wildman–Crippen LogP) is 3.90. The molecule has 1 aliphatic heterocycles. The number of sulfonamides is 1. The van der Waals surface area contributed by atoms with Crippen LogP contribution < -0.4 is 0 Å². The van der Waals surface area contributed by atoms with Gasteiger partial charge in [0, 0.05) is 36.8 Å². The molecule has 4 rings (SSSR count). The number of carbonyl (C=O) groups excluding carboxylic acids is 1. The topological polar surface area (TPSA) is 83.2 Å². The highest BCUT2D eigenvalue weighted by atomic mass is 32.2. The van der Waals surface area contributed by atoms with Crippen molar-refractivity contribution in [2.24, 2.45) is 0 Å². The number of aromatic nitrogens is 1. The van der Waals surface area contributed by atoms with Crippen LogP contribution in [0.25, 0.3) is 0 Å². The molecule has 0 bridgehead atoms. The molecule has 0 amide bonds. The summed E-state index contributed by atoms with van der Waals surface area (Å²) in [6.07, 6.45) is 7.33. The molecular formula is C24H29N3O3S. The number of hydrogen-bond donors (Lipinski definition) is 0. The van der Waals surface area contributed by atoms with E-state index >= 15 is 0 Å². The Morgan fingerprint density at radius 2 is 1.81 bits per heavy atom. The van der Waals surface area contributed by atoms with Gasteiger partial charge in [-0.05, 0) is 49.8 Å². The van der Waals surface area contributed by atoms with Crippen molar-refractivity contribution in [2.45, 2.75) is 69.2 Å². The van der Waals surface area contributed by atoms with Crippen LogP contribution in [0, 0.1) is 18.3 Å². The van der Waals surface area contributed by atoms with Crippen LogP contribution in [0.5, 0.6) is 0 Å². The molecule has 31 heavy (non-hydrogen) atoms. The largest absolute Gasteiger partial charge is 0.340 e. The van der Waals surface area contributed by atoms with Gasteiger partial charge in [-0.3, -0.25) is 0 Å². The summed E-state index contributed by atoms with van der Waals surface area (Å²) in [5.41, 5.74) is 4.02. The van der Waals surface area contributed by atoms with Crippen LogP contribution in [0.1, 0.15) is 72.5 Å². The first-order valence-corrected chi connectivity index (χ1v) is 12.6. The highest BCUT2D eigenvalue weighted by molar-refractivity contribution is 7.89. The Labute approximate surface area is 184 Å². The predicted molar refractivity (Wildman–Crippen MR) is 118 cm³/mol. The molecule has 7 heteroatoms. The second kappa shape index (κ2) is 8.97. The fraction of sp³-hybridized carbons (Fsp3) is 0.500. The summed E-state index contributed by atoms with van der Waals surface area (Å²) in [7, 11) is -3.56. The lowest BCUT2D eigenvalue weighted by Crippen LogP contribution is -2.28. The van der Waals surface area contributed by atoms with E-state index in [9.17, 15) is 18.5 Å². The van der Waals surface area contributed by atoms with Gasteiger partial charge in [0.2, 0.25) is 10.0 Å². The van der Waals surface area contributed by atoms with Crippen molar-refractivity contribution in [3.8, 4) is 6.07 Å². The van der Waals surface area contributed by atoms with Gasteiger partial charge in [-0.25, -0.2) is 8.42 Å². The molecule has 1 saturated heterocycles. The number of nitrogens with zero attached hydrogens (tertiary/aromatic N) is 3. The average Bonchev–Trinajstić information content (AvgIpc) is 3.52. The molecule has 0 radical (unpaired) electrons. The molecule has 6 nitrogen and oxygen atoms in total. The van der Waals surface area contributed by atoms with Crippen LogP contribution in [-0.4, -0.2) is 36.7 Å². The second-order valence-corrected chi connectivity index (χ2v) is 10.5. The normalized spacial score (nSPS) is 17.8.